The van der Waals surface area contributed by atoms with E-state index >= 15 is 0 Å². The van der Waals surface area contributed by atoms with Crippen molar-refractivity contribution in [2.24, 2.45) is 5.41 Å². The van der Waals surface area contributed by atoms with E-state index in [9.17, 15) is 9.59 Å². The summed E-state index contributed by atoms with van der Waals surface area (Å²) in [7, 11) is 2.10. The Morgan fingerprint density at radius 2 is 2.00 bits per heavy atom. The first-order valence-electron chi connectivity index (χ1n) is 11.3. The molecule has 1 spiro atoms. The molecule has 5 rings (SSSR count). The molecule has 0 aromatic carbocycles. The average Bonchev–Trinajstić information content (AvgIpc) is 3.51. The first-order chi connectivity index (χ1) is 15.9. The topological polar surface area (TPSA) is 119 Å². The maximum Gasteiger partial charge on any atom is 0.336 e. The van der Waals surface area contributed by atoms with Crippen LogP contribution in [-0.2, 0) is 20.9 Å². The van der Waals surface area contributed by atoms with Crippen LogP contribution in [0.3, 0.4) is 0 Å². The van der Waals surface area contributed by atoms with Crippen LogP contribution in [0.4, 0.5) is 0 Å². The molecule has 2 aromatic heterocycles. The van der Waals surface area contributed by atoms with Crippen LogP contribution in [0.15, 0.2) is 29.7 Å². The van der Waals surface area contributed by atoms with Gasteiger partial charge in [-0.2, -0.15) is 9.78 Å². The second-order valence-corrected chi connectivity index (χ2v) is 9.44. The number of tetrazole rings is 1. The van der Waals surface area contributed by atoms with Gasteiger partial charge in [-0.1, -0.05) is 0 Å². The number of amides is 1. The number of likely N-dealkylation sites (tertiary alicyclic amines) is 1. The highest BCUT2D eigenvalue weighted by Crippen LogP contribution is 2.49. The lowest BCUT2D eigenvalue weighted by molar-refractivity contribution is -0.139. The Bertz CT molecular complexity index is 1070. The Labute approximate surface area is 191 Å². The van der Waals surface area contributed by atoms with Gasteiger partial charge in [0.25, 0.3) is 0 Å². The van der Waals surface area contributed by atoms with Crippen molar-refractivity contribution in [2.75, 3.05) is 13.7 Å². The number of cyclic esters (lactones) is 1. The maximum absolute atomic E-state index is 13.5. The van der Waals surface area contributed by atoms with Crippen LogP contribution >= 0.6 is 0 Å². The van der Waals surface area contributed by atoms with Gasteiger partial charge in [-0.05, 0) is 75.6 Å². The molecule has 33 heavy (non-hydrogen) atoms. The number of carbonyl (C=O) groups excluding carboxylic acids is 2. The van der Waals surface area contributed by atoms with Gasteiger partial charge < -0.3 is 9.64 Å². The molecule has 3 aliphatic rings. The van der Waals surface area contributed by atoms with Crippen molar-refractivity contribution < 1.29 is 14.3 Å². The zero-order valence-electron chi connectivity index (χ0n) is 19.1. The van der Waals surface area contributed by atoms with Crippen molar-refractivity contribution >= 4 is 11.9 Å². The zero-order valence-corrected chi connectivity index (χ0v) is 19.1. The number of aromatic nitrogens is 6. The Balaban J connectivity index is 1.21. The van der Waals surface area contributed by atoms with Crippen molar-refractivity contribution in [1.82, 2.24) is 40.2 Å². The largest absolute Gasteiger partial charge is 0.456 e. The number of rotatable bonds is 5. The van der Waals surface area contributed by atoms with E-state index in [2.05, 4.69) is 44.6 Å². The minimum absolute atomic E-state index is 0.0835. The standard InChI is InChI=1S/C22H28N8O3/c1-14-10-22(21(32)30(14)18-12-33-20(31)15(18)2)8-6-17(7-9-22)28(3)11-16-4-5-19(25-24-16)29-13-23-26-27-29/h4-5,13-14,17H,6-12H2,1-3H3. The van der Waals surface area contributed by atoms with Crippen LogP contribution in [0, 0.1) is 5.41 Å². The molecule has 0 radical (unpaired) electrons. The third-order valence-corrected chi connectivity index (χ3v) is 7.41. The molecule has 1 aliphatic carbocycles. The second-order valence-electron chi connectivity index (χ2n) is 9.44. The third kappa shape index (κ3) is 3.79. The molecule has 174 valence electrons. The summed E-state index contributed by atoms with van der Waals surface area (Å²) in [5.41, 5.74) is 1.85. The molecule has 0 N–H and O–H groups in total. The first-order valence-corrected chi connectivity index (χ1v) is 11.3. The van der Waals surface area contributed by atoms with E-state index in [0.29, 0.717) is 24.0 Å². The second kappa shape index (κ2) is 8.29. The van der Waals surface area contributed by atoms with Gasteiger partial charge in [0, 0.05) is 18.6 Å². The van der Waals surface area contributed by atoms with Crippen LogP contribution in [0.2, 0.25) is 0 Å². The molecule has 1 saturated carbocycles. The molecular weight excluding hydrogens is 424 g/mol. The van der Waals surface area contributed by atoms with Crippen LogP contribution in [-0.4, -0.2) is 77.8 Å². The van der Waals surface area contributed by atoms with Crippen molar-refractivity contribution in [3.05, 3.63) is 35.4 Å². The Kier molecular flexibility index (Phi) is 5.43. The fourth-order valence-electron chi connectivity index (χ4n) is 5.53. The molecule has 1 unspecified atom stereocenters. The van der Waals surface area contributed by atoms with Gasteiger partial charge in [0.05, 0.1) is 22.4 Å². The fraction of sp³-hybridized carbons (Fsp3) is 0.591. The molecule has 1 saturated heterocycles. The van der Waals surface area contributed by atoms with E-state index < -0.39 is 0 Å². The molecule has 11 heteroatoms. The molecule has 2 fully saturated rings. The van der Waals surface area contributed by atoms with Crippen molar-refractivity contribution in [2.45, 2.75) is 64.6 Å². The number of hydrogen-bond donors (Lipinski definition) is 0. The zero-order chi connectivity index (χ0) is 23.2. The predicted octanol–water partition coefficient (Wildman–Crippen LogP) is 1.26. The molecule has 0 bridgehead atoms. The number of hydrogen-bond acceptors (Lipinski definition) is 9. The van der Waals surface area contributed by atoms with E-state index in [4.69, 9.17) is 4.74 Å². The monoisotopic (exact) mass is 452 g/mol. The summed E-state index contributed by atoms with van der Waals surface area (Å²) in [6.07, 6.45) is 5.92. The van der Waals surface area contributed by atoms with E-state index in [-0.39, 0.29) is 29.9 Å². The normalized spacial score (nSPS) is 27.8. The minimum Gasteiger partial charge on any atom is -0.456 e. The lowest BCUT2D eigenvalue weighted by atomic mass is 9.70. The first kappa shape index (κ1) is 21.6. The Morgan fingerprint density at radius 1 is 1.21 bits per heavy atom. The van der Waals surface area contributed by atoms with Gasteiger partial charge in [0.2, 0.25) is 5.91 Å². The summed E-state index contributed by atoms with van der Waals surface area (Å²) in [6.45, 7) is 4.71. The quantitative estimate of drug-likeness (QED) is 0.618. The summed E-state index contributed by atoms with van der Waals surface area (Å²) in [5, 5.41) is 19.6. The number of nitrogens with zero attached hydrogens (tertiary/aromatic N) is 8. The van der Waals surface area contributed by atoms with Crippen molar-refractivity contribution in [1.29, 1.82) is 0 Å². The lowest BCUT2D eigenvalue weighted by Crippen LogP contribution is -2.42. The molecule has 1 amide bonds. The average molecular weight is 453 g/mol. The van der Waals surface area contributed by atoms with Crippen LogP contribution < -0.4 is 0 Å². The molecule has 2 aliphatic heterocycles. The van der Waals surface area contributed by atoms with Crippen molar-refractivity contribution in [3.8, 4) is 5.82 Å². The SMILES string of the molecule is CC1=C(N2C(=O)C3(CCC(N(C)Cc4ccc(-n5cnnn5)nn4)CC3)CC2C)COC1=O. The predicted molar refractivity (Wildman–Crippen MR) is 115 cm³/mol. The van der Waals surface area contributed by atoms with Gasteiger partial charge in [-0.15, -0.1) is 10.2 Å². The van der Waals surface area contributed by atoms with Gasteiger partial charge in [-0.25, -0.2) is 4.79 Å². The molecule has 1 atom stereocenters. The summed E-state index contributed by atoms with van der Waals surface area (Å²) in [5.74, 6) is 0.419. The minimum atomic E-state index is -0.330. The van der Waals surface area contributed by atoms with Crippen LogP contribution in [0.5, 0.6) is 0 Å². The Morgan fingerprint density at radius 3 is 2.61 bits per heavy atom. The summed E-state index contributed by atoms with van der Waals surface area (Å²) in [4.78, 5) is 29.5. The molecule has 11 nitrogen and oxygen atoms in total. The highest BCUT2D eigenvalue weighted by atomic mass is 16.5. The van der Waals surface area contributed by atoms with E-state index in [0.717, 1.165) is 43.5 Å². The summed E-state index contributed by atoms with van der Waals surface area (Å²) in [6, 6.07) is 4.25. The van der Waals surface area contributed by atoms with Crippen LogP contribution in [0.1, 0.15) is 51.6 Å². The third-order valence-electron chi connectivity index (χ3n) is 7.41. The highest BCUT2D eigenvalue weighted by Gasteiger charge is 2.53. The molecule has 2 aromatic rings. The number of esters is 1. The van der Waals surface area contributed by atoms with E-state index in [1.807, 2.05) is 17.0 Å². The summed E-state index contributed by atoms with van der Waals surface area (Å²) < 4.78 is 6.63. The number of carbonyl (C=O) groups is 2. The smallest absolute Gasteiger partial charge is 0.336 e. The lowest BCUT2D eigenvalue weighted by Gasteiger charge is -2.39. The van der Waals surface area contributed by atoms with Gasteiger partial charge in [0.1, 0.15) is 12.9 Å². The van der Waals surface area contributed by atoms with Gasteiger partial charge in [-0.3, -0.25) is 9.69 Å². The highest BCUT2D eigenvalue weighted by molar-refractivity contribution is 5.94. The van der Waals surface area contributed by atoms with E-state index in [1.165, 1.54) is 11.0 Å². The molecule has 4 heterocycles. The Hall–Kier alpha value is -3.21. The van der Waals surface area contributed by atoms with E-state index in [1.54, 1.807) is 6.92 Å². The van der Waals surface area contributed by atoms with Gasteiger partial charge in [0.15, 0.2) is 5.82 Å². The maximum atomic E-state index is 13.5. The number of ether oxygens (including phenoxy) is 1. The van der Waals surface area contributed by atoms with Gasteiger partial charge >= 0.3 is 5.97 Å². The summed E-state index contributed by atoms with van der Waals surface area (Å²) >= 11 is 0. The van der Waals surface area contributed by atoms with Crippen LogP contribution in [0.25, 0.3) is 5.82 Å². The molecular formula is C22H28N8O3. The van der Waals surface area contributed by atoms with Crippen molar-refractivity contribution in [3.63, 3.8) is 0 Å². The fourth-order valence-corrected chi connectivity index (χ4v) is 5.53.